The van der Waals surface area contributed by atoms with Crippen LogP contribution < -0.4 is 9.47 Å². The fourth-order valence-electron chi connectivity index (χ4n) is 2.98. The van der Waals surface area contributed by atoms with Crippen molar-refractivity contribution in [3.8, 4) is 17.4 Å². The number of aromatic nitrogens is 1. The van der Waals surface area contributed by atoms with Gasteiger partial charge in [0.2, 0.25) is 5.88 Å². The summed E-state index contributed by atoms with van der Waals surface area (Å²) in [6.07, 6.45) is -0.836. The van der Waals surface area contributed by atoms with Gasteiger partial charge in [0.05, 0.1) is 5.56 Å². The van der Waals surface area contributed by atoms with Crippen LogP contribution in [0.2, 0.25) is 0 Å². The number of methoxy groups -OCH3 is 1. The molecule has 0 amide bonds. The minimum Gasteiger partial charge on any atom is -0.485 e. The smallest absolute Gasteiger partial charge is 0.226 e. The van der Waals surface area contributed by atoms with Gasteiger partial charge in [0.1, 0.15) is 17.6 Å². The number of rotatable bonds is 7. The molecule has 0 aliphatic rings. The minimum absolute atomic E-state index is 0.462. The molecule has 0 radical (unpaired) electrons. The molecule has 0 spiro atoms. The lowest BCUT2D eigenvalue weighted by Gasteiger charge is -2.23. The Labute approximate surface area is 155 Å². The highest BCUT2D eigenvalue weighted by Gasteiger charge is 2.21. The van der Waals surface area contributed by atoms with Crippen molar-refractivity contribution in [3.05, 3.63) is 46.1 Å². The van der Waals surface area contributed by atoms with E-state index in [1.54, 1.807) is 0 Å². The molecule has 2 atom stereocenters. The van der Waals surface area contributed by atoms with E-state index in [1.165, 1.54) is 12.7 Å². The van der Waals surface area contributed by atoms with E-state index < -0.39 is 12.4 Å². The highest BCUT2D eigenvalue weighted by Crippen LogP contribution is 2.34. The molecule has 0 saturated carbocycles. The molecule has 1 aromatic carbocycles. The first kappa shape index (κ1) is 20.2. The van der Waals surface area contributed by atoms with E-state index in [2.05, 4.69) is 24.0 Å². The Morgan fingerprint density at radius 1 is 1.04 bits per heavy atom. The van der Waals surface area contributed by atoms with Gasteiger partial charge in [0.15, 0.2) is 6.29 Å². The zero-order valence-corrected chi connectivity index (χ0v) is 16.7. The molecular weight excluding hydrogens is 330 g/mol. The van der Waals surface area contributed by atoms with Crippen molar-refractivity contribution in [1.82, 2.24) is 4.98 Å². The van der Waals surface area contributed by atoms with E-state index >= 15 is 0 Å². The maximum absolute atomic E-state index is 9.95. The van der Waals surface area contributed by atoms with Crippen molar-refractivity contribution in [2.24, 2.45) is 0 Å². The summed E-state index contributed by atoms with van der Waals surface area (Å²) in [6.45, 7) is 11.9. The molecule has 0 aliphatic carbocycles. The highest BCUT2D eigenvalue weighted by molar-refractivity contribution is 5.48. The number of pyridine rings is 1. The summed E-state index contributed by atoms with van der Waals surface area (Å²) in [7, 11) is 1.46. The predicted molar refractivity (Wildman–Crippen MR) is 102 cm³/mol. The number of aliphatic hydroxyl groups excluding tert-OH is 1. The van der Waals surface area contributed by atoms with E-state index in [0.29, 0.717) is 18.1 Å². The van der Waals surface area contributed by atoms with Gasteiger partial charge >= 0.3 is 0 Å². The molecule has 0 fully saturated rings. The van der Waals surface area contributed by atoms with Gasteiger partial charge in [0.25, 0.3) is 0 Å². The quantitative estimate of drug-likeness (QED) is 0.736. The Balaban J connectivity index is 2.38. The molecular formula is C21H29NO4. The maximum Gasteiger partial charge on any atom is 0.226 e. The highest BCUT2D eigenvalue weighted by atomic mass is 16.6. The number of hydrogen-bond donors (Lipinski definition) is 1. The molecule has 1 heterocycles. The number of nitrogens with zero attached hydrogens (tertiary/aromatic N) is 1. The van der Waals surface area contributed by atoms with Gasteiger partial charge in [-0.05, 0) is 52.2 Å². The number of benzene rings is 1. The third-order valence-corrected chi connectivity index (χ3v) is 4.35. The summed E-state index contributed by atoms with van der Waals surface area (Å²) < 4.78 is 17.2. The Morgan fingerprint density at radius 2 is 1.65 bits per heavy atom. The molecule has 5 nitrogen and oxygen atoms in total. The van der Waals surface area contributed by atoms with E-state index in [1.807, 2.05) is 40.7 Å². The van der Waals surface area contributed by atoms with Crippen molar-refractivity contribution in [3.63, 3.8) is 0 Å². The first-order chi connectivity index (χ1) is 12.3. The summed E-state index contributed by atoms with van der Waals surface area (Å²) in [5, 5.41) is 9.95. The van der Waals surface area contributed by atoms with Crippen LogP contribution in [0.15, 0.2) is 18.2 Å². The summed E-state index contributed by atoms with van der Waals surface area (Å²) in [6, 6.07) is 6.03. The molecule has 5 heteroatoms. The van der Waals surface area contributed by atoms with Crippen LogP contribution in [-0.4, -0.2) is 29.6 Å². The van der Waals surface area contributed by atoms with Crippen molar-refractivity contribution >= 4 is 0 Å². The maximum atomic E-state index is 9.95. The second-order valence-corrected chi connectivity index (χ2v) is 6.71. The zero-order chi connectivity index (χ0) is 19.4. The predicted octanol–water partition coefficient (Wildman–Crippen LogP) is 4.54. The van der Waals surface area contributed by atoms with Crippen molar-refractivity contribution in [2.75, 3.05) is 7.11 Å². The zero-order valence-electron chi connectivity index (χ0n) is 16.7. The van der Waals surface area contributed by atoms with Crippen molar-refractivity contribution in [2.45, 2.75) is 60.4 Å². The summed E-state index contributed by atoms with van der Waals surface area (Å²) >= 11 is 0. The first-order valence-electron chi connectivity index (χ1n) is 8.88. The molecule has 142 valence electrons. The van der Waals surface area contributed by atoms with Gasteiger partial charge in [-0.25, -0.2) is 4.98 Å². The van der Waals surface area contributed by atoms with Crippen LogP contribution in [-0.2, 0) is 4.74 Å². The molecule has 2 rings (SSSR count). The largest absolute Gasteiger partial charge is 0.485 e. The van der Waals surface area contributed by atoms with Crippen LogP contribution in [0.25, 0.3) is 0 Å². The summed E-state index contributed by atoms with van der Waals surface area (Å²) in [5.41, 5.74) is 4.90. The fourth-order valence-corrected chi connectivity index (χ4v) is 2.98. The van der Waals surface area contributed by atoms with E-state index in [9.17, 15) is 5.11 Å². The van der Waals surface area contributed by atoms with Crippen LogP contribution in [0.4, 0.5) is 0 Å². The van der Waals surface area contributed by atoms with E-state index in [-0.39, 0.29) is 0 Å². The van der Waals surface area contributed by atoms with Gasteiger partial charge in [-0.3, -0.25) is 0 Å². The normalized spacial score (nSPS) is 13.4. The van der Waals surface area contributed by atoms with Crippen LogP contribution >= 0.6 is 0 Å². The van der Waals surface area contributed by atoms with E-state index in [0.717, 1.165) is 28.1 Å². The second-order valence-electron chi connectivity index (χ2n) is 6.71. The standard InChI is InChI=1S/C21H29NO4/c1-8-17(21(23)24-7)25-18-11-15(5)22-20(16(18)6)26-19-13(3)9-12(2)10-14(19)4/h9-11,17,21,23H,8H2,1-7H3. The average Bonchev–Trinajstić information content (AvgIpc) is 2.58. The summed E-state index contributed by atoms with van der Waals surface area (Å²) in [5.74, 6) is 1.96. The van der Waals surface area contributed by atoms with Crippen LogP contribution in [0.3, 0.4) is 0 Å². The number of hydrogen-bond acceptors (Lipinski definition) is 5. The lowest BCUT2D eigenvalue weighted by molar-refractivity contribution is -0.136. The van der Waals surface area contributed by atoms with Crippen molar-refractivity contribution in [1.29, 1.82) is 0 Å². The van der Waals surface area contributed by atoms with Crippen molar-refractivity contribution < 1.29 is 19.3 Å². The Morgan fingerprint density at radius 3 is 2.19 bits per heavy atom. The molecule has 2 unspecified atom stereocenters. The number of aliphatic hydroxyl groups is 1. The second kappa shape index (κ2) is 8.52. The summed E-state index contributed by atoms with van der Waals surface area (Å²) in [4.78, 5) is 4.54. The topological polar surface area (TPSA) is 60.8 Å². The Kier molecular flexibility index (Phi) is 6.62. The molecule has 0 bridgehead atoms. The van der Waals surface area contributed by atoms with Gasteiger partial charge in [0, 0.05) is 18.9 Å². The van der Waals surface area contributed by atoms with Crippen LogP contribution in [0.5, 0.6) is 17.4 Å². The Bertz CT molecular complexity index is 750. The minimum atomic E-state index is -0.987. The lowest BCUT2D eigenvalue weighted by atomic mass is 10.1. The third kappa shape index (κ3) is 4.54. The number of aryl methyl sites for hydroxylation is 4. The molecule has 2 aromatic rings. The van der Waals surface area contributed by atoms with E-state index in [4.69, 9.17) is 14.2 Å². The molecule has 1 aromatic heterocycles. The lowest BCUT2D eigenvalue weighted by Crippen LogP contribution is -2.32. The fraction of sp³-hybridized carbons (Fsp3) is 0.476. The first-order valence-corrected chi connectivity index (χ1v) is 8.88. The Hall–Kier alpha value is -2.11. The van der Waals surface area contributed by atoms with Gasteiger partial charge in [-0.15, -0.1) is 0 Å². The monoisotopic (exact) mass is 359 g/mol. The average molecular weight is 359 g/mol. The van der Waals surface area contributed by atoms with Gasteiger partial charge in [-0.2, -0.15) is 0 Å². The number of ether oxygens (including phenoxy) is 3. The molecule has 1 N–H and O–H groups in total. The van der Waals surface area contributed by atoms with Gasteiger partial charge < -0.3 is 19.3 Å². The van der Waals surface area contributed by atoms with Crippen LogP contribution in [0, 0.1) is 34.6 Å². The molecule has 26 heavy (non-hydrogen) atoms. The van der Waals surface area contributed by atoms with Gasteiger partial charge in [-0.1, -0.05) is 24.6 Å². The third-order valence-electron chi connectivity index (χ3n) is 4.35. The molecule has 0 aliphatic heterocycles. The SMILES string of the molecule is CCC(Oc1cc(C)nc(Oc2c(C)cc(C)cc2C)c1C)C(O)OC. The van der Waals surface area contributed by atoms with Crippen LogP contribution in [0.1, 0.15) is 41.3 Å². The molecule has 0 saturated heterocycles.